The molecule has 0 aliphatic carbocycles. The molecule has 1 aliphatic heterocycles. The highest BCUT2D eigenvalue weighted by molar-refractivity contribution is 5.66. The van der Waals surface area contributed by atoms with E-state index in [1.165, 1.54) is 6.92 Å². The van der Waals surface area contributed by atoms with Gasteiger partial charge in [-0.05, 0) is 12.8 Å². The molecule has 1 aliphatic rings. The lowest BCUT2D eigenvalue weighted by Crippen LogP contribution is -2.32. The molecule has 0 N–H and O–H groups in total. The van der Waals surface area contributed by atoms with E-state index in [-0.39, 0.29) is 18.2 Å². The van der Waals surface area contributed by atoms with Gasteiger partial charge >= 0.3 is 5.97 Å². The van der Waals surface area contributed by atoms with Gasteiger partial charge in [0.2, 0.25) is 0 Å². The Kier molecular flexibility index (Phi) is 3.89. The minimum absolute atomic E-state index is 0.0179. The first-order valence-corrected chi connectivity index (χ1v) is 4.45. The summed E-state index contributed by atoms with van der Waals surface area (Å²) in [6.45, 7) is 1.80. The SMILES string of the molecule is CC(=O)OC1CC[C@@H](CC=O)OC1. The number of carbonyl (C=O) groups is 2. The first kappa shape index (κ1) is 10.2. The molecule has 0 radical (unpaired) electrons. The Morgan fingerprint density at radius 3 is 2.85 bits per heavy atom. The number of rotatable bonds is 3. The molecule has 0 aromatic rings. The highest BCUT2D eigenvalue weighted by atomic mass is 16.6. The van der Waals surface area contributed by atoms with Crippen molar-refractivity contribution in [1.29, 1.82) is 0 Å². The summed E-state index contributed by atoms with van der Waals surface area (Å²) in [7, 11) is 0. The van der Waals surface area contributed by atoms with Crippen molar-refractivity contribution in [2.75, 3.05) is 6.61 Å². The van der Waals surface area contributed by atoms with Gasteiger partial charge in [-0.3, -0.25) is 4.79 Å². The summed E-state index contributed by atoms with van der Waals surface area (Å²) in [5.74, 6) is -0.276. The molecule has 1 unspecified atom stereocenters. The Labute approximate surface area is 77.2 Å². The molecule has 0 saturated carbocycles. The van der Waals surface area contributed by atoms with Crippen LogP contribution in [0.5, 0.6) is 0 Å². The zero-order valence-electron chi connectivity index (χ0n) is 7.69. The molecule has 4 heteroatoms. The van der Waals surface area contributed by atoms with Crippen LogP contribution in [0.2, 0.25) is 0 Å². The fourth-order valence-corrected chi connectivity index (χ4v) is 1.40. The number of ether oxygens (including phenoxy) is 2. The molecule has 0 bridgehead atoms. The van der Waals surface area contributed by atoms with Crippen LogP contribution >= 0.6 is 0 Å². The second-order valence-corrected chi connectivity index (χ2v) is 3.17. The quantitative estimate of drug-likeness (QED) is 0.480. The van der Waals surface area contributed by atoms with Crippen LogP contribution in [0.1, 0.15) is 26.2 Å². The minimum atomic E-state index is -0.276. The van der Waals surface area contributed by atoms with Gasteiger partial charge in [0.1, 0.15) is 12.4 Å². The van der Waals surface area contributed by atoms with Crippen molar-refractivity contribution in [1.82, 2.24) is 0 Å². The van der Waals surface area contributed by atoms with Gasteiger partial charge in [0.05, 0.1) is 12.7 Å². The van der Waals surface area contributed by atoms with E-state index in [0.717, 1.165) is 19.1 Å². The van der Waals surface area contributed by atoms with Gasteiger partial charge in [-0.25, -0.2) is 0 Å². The molecule has 0 aromatic heterocycles. The topological polar surface area (TPSA) is 52.6 Å². The molecule has 4 nitrogen and oxygen atoms in total. The smallest absolute Gasteiger partial charge is 0.302 e. The summed E-state index contributed by atoms with van der Waals surface area (Å²) in [6, 6.07) is 0. The first-order valence-electron chi connectivity index (χ1n) is 4.45. The lowest BCUT2D eigenvalue weighted by Gasteiger charge is -2.27. The molecule has 2 atom stereocenters. The monoisotopic (exact) mass is 186 g/mol. The van der Waals surface area contributed by atoms with E-state index in [2.05, 4.69) is 0 Å². The maximum atomic E-state index is 10.6. The Balaban J connectivity index is 2.22. The molecule has 0 amide bonds. The van der Waals surface area contributed by atoms with E-state index in [4.69, 9.17) is 9.47 Å². The van der Waals surface area contributed by atoms with Gasteiger partial charge in [0.15, 0.2) is 0 Å². The van der Waals surface area contributed by atoms with Crippen molar-refractivity contribution in [3.63, 3.8) is 0 Å². The van der Waals surface area contributed by atoms with Crippen LogP contribution in [0, 0.1) is 0 Å². The summed E-state index contributed by atoms with van der Waals surface area (Å²) in [4.78, 5) is 20.8. The molecule has 74 valence electrons. The van der Waals surface area contributed by atoms with Gasteiger partial charge in [0, 0.05) is 13.3 Å². The van der Waals surface area contributed by atoms with Crippen molar-refractivity contribution >= 4 is 12.3 Å². The third kappa shape index (κ3) is 3.55. The van der Waals surface area contributed by atoms with Crippen LogP contribution in [0.25, 0.3) is 0 Å². The van der Waals surface area contributed by atoms with Crippen molar-refractivity contribution in [2.24, 2.45) is 0 Å². The molecule has 1 heterocycles. The summed E-state index contributed by atoms with van der Waals surface area (Å²) < 4.78 is 10.3. The Bertz CT molecular complexity index is 182. The number of hydrogen-bond donors (Lipinski definition) is 0. The minimum Gasteiger partial charge on any atom is -0.460 e. The van der Waals surface area contributed by atoms with Crippen molar-refractivity contribution in [2.45, 2.75) is 38.4 Å². The molecule has 1 saturated heterocycles. The predicted octanol–water partition coefficient (Wildman–Crippen LogP) is 0.686. The molecule has 1 fully saturated rings. The normalized spacial score (nSPS) is 28.1. The fourth-order valence-electron chi connectivity index (χ4n) is 1.40. The number of aldehydes is 1. The van der Waals surface area contributed by atoms with E-state index < -0.39 is 0 Å². The Morgan fingerprint density at radius 1 is 1.62 bits per heavy atom. The van der Waals surface area contributed by atoms with Gasteiger partial charge in [-0.15, -0.1) is 0 Å². The van der Waals surface area contributed by atoms with Gasteiger partial charge < -0.3 is 14.3 Å². The standard InChI is InChI=1S/C9H14O4/c1-7(11)13-9-3-2-8(4-5-10)12-6-9/h5,8-9H,2-4,6H2,1H3/t8-,9?/m0/s1. The summed E-state index contributed by atoms with van der Waals surface area (Å²) in [5.41, 5.74) is 0. The maximum Gasteiger partial charge on any atom is 0.302 e. The van der Waals surface area contributed by atoms with Gasteiger partial charge in [0.25, 0.3) is 0 Å². The maximum absolute atomic E-state index is 10.6. The third-order valence-electron chi connectivity index (χ3n) is 2.02. The van der Waals surface area contributed by atoms with Crippen molar-refractivity contribution in [3.8, 4) is 0 Å². The van der Waals surface area contributed by atoms with Gasteiger partial charge in [-0.1, -0.05) is 0 Å². The van der Waals surface area contributed by atoms with Crippen LogP contribution in [-0.2, 0) is 19.1 Å². The zero-order chi connectivity index (χ0) is 9.68. The molecule has 13 heavy (non-hydrogen) atoms. The van der Waals surface area contributed by atoms with Crippen LogP contribution in [-0.4, -0.2) is 31.1 Å². The first-order chi connectivity index (χ1) is 6.22. The molecule has 1 rings (SSSR count). The molecular weight excluding hydrogens is 172 g/mol. The largest absolute Gasteiger partial charge is 0.460 e. The van der Waals surface area contributed by atoms with E-state index in [9.17, 15) is 9.59 Å². The van der Waals surface area contributed by atoms with E-state index in [1.807, 2.05) is 0 Å². The third-order valence-corrected chi connectivity index (χ3v) is 2.02. The lowest BCUT2D eigenvalue weighted by atomic mass is 10.1. The Hall–Kier alpha value is -0.900. The van der Waals surface area contributed by atoms with Crippen LogP contribution in [0.4, 0.5) is 0 Å². The van der Waals surface area contributed by atoms with E-state index in [1.54, 1.807) is 0 Å². The van der Waals surface area contributed by atoms with Gasteiger partial charge in [-0.2, -0.15) is 0 Å². The number of carbonyl (C=O) groups excluding carboxylic acids is 2. The van der Waals surface area contributed by atoms with Crippen molar-refractivity contribution < 1.29 is 19.1 Å². The fraction of sp³-hybridized carbons (Fsp3) is 0.778. The van der Waals surface area contributed by atoms with E-state index in [0.29, 0.717) is 13.0 Å². The van der Waals surface area contributed by atoms with Crippen LogP contribution in [0.15, 0.2) is 0 Å². The predicted molar refractivity (Wildman–Crippen MR) is 45.2 cm³/mol. The molecule has 0 spiro atoms. The number of hydrogen-bond acceptors (Lipinski definition) is 4. The van der Waals surface area contributed by atoms with E-state index >= 15 is 0 Å². The summed E-state index contributed by atoms with van der Waals surface area (Å²) in [6.07, 6.45) is 2.77. The average molecular weight is 186 g/mol. The molecular formula is C9H14O4. The average Bonchev–Trinajstić information content (AvgIpc) is 2.08. The zero-order valence-corrected chi connectivity index (χ0v) is 7.69. The summed E-state index contributed by atoms with van der Waals surface area (Å²) in [5, 5.41) is 0. The Morgan fingerprint density at radius 2 is 2.38 bits per heavy atom. The number of esters is 1. The molecule has 0 aromatic carbocycles. The van der Waals surface area contributed by atoms with Crippen LogP contribution < -0.4 is 0 Å². The van der Waals surface area contributed by atoms with Crippen molar-refractivity contribution in [3.05, 3.63) is 0 Å². The lowest BCUT2D eigenvalue weighted by molar-refractivity contribution is -0.156. The highest BCUT2D eigenvalue weighted by Crippen LogP contribution is 2.17. The highest BCUT2D eigenvalue weighted by Gasteiger charge is 2.22. The summed E-state index contributed by atoms with van der Waals surface area (Å²) >= 11 is 0. The second-order valence-electron chi connectivity index (χ2n) is 3.17. The second kappa shape index (κ2) is 4.97. The van der Waals surface area contributed by atoms with Crippen LogP contribution in [0.3, 0.4) is 0 Å².